The van der Waals surface area contributed by atoms with Crippen LogP contribution in [0, 0.1) is 11.3 Å². The van der Waals surface area contributed by atoms with Crippen LogP contribution in [0.1, 0.15) is 31.9 Å². The average Bonchev–Trinajstić information content (AvgIpc) is 2.17. The number of benzene rings is 1. The predicted molar refractivity (Wildman–Crippen MR) is 65.1 cm³/mol. The van der Waals surface area contributed by atoms with Crippen LogP contribution in [-0.4, -0.2) is 11.6 Å². The van der Waals surface area contributed by atoms with Crippen molar-refractivity contribution < 1.29 is 9.53 Å². The molecule has 1 aromatic carbocycles. The lowest BCUT2D eigenvalue weighted by molar-refractivity contribution is -0.153. The van der Waals surface area contributed by atoms with Gasteiger partial charge in [0.05, 0.1) is 18.1 Å². The number of hydrogen-bond acceptors (Lipinski definition) is 4. The van der Waals surface area contributed by atoms with Crippen LogP contribution in [0.25, 0.3) is 0 Å². The second-order valence-electron chi connectivity index (χ2n) is 4.79. The molecular weight excluding hydrogens is 216 g/mol. The molecule has 0 unspecified atom stereocenters. The largest absolute Gasteiger partial charge is 0.460 e. The van der Waals surface area contributed by atoms with E-state index >= 15 is 0 Å². The molecule has 0 spiro atoms. The highest BCUT2D eigenvalue weighted by Crippen LogP contribution is 2.15. The Labute approximate surface area is 101 Å². The minimum absolute atomic E-state index is 0.0838. The third kappa shape index (κ3) is 4.15. The van der Waals surface area contributed by atoms with Gasteiger partial charge in [0.2, 0.25) is 0 Å². The summed E-state index contributed by atoms with van der Waals surface area (Å²) >= 11 is 0. The molecule has 0 aromatic heterocycles. The highest BCUT2D eigenvalue weighted by atomic mass is 16.6. The highest BCUT2D eigenvalue weighted by Gasteiger charge is 2.17. The van der Waals surface area contributed by atoms with Gasteiger partial charge in [0.1, 0.15) is 5.60 Å². The predicted octanol–water partition coefficient (Wildman–Crippen LogP) is 2.02. The van der Waals surface area contributed by atoms with Crippen LogP contribution in [0.5, 0.6) is 0 Å². The van der Waals surface area contributed by atoms with Crippen molar-refractivity contribution in [2.45, 2.75) is 32.8 Å². The Kier molecular flexibility index (Phi) is 3.74. The molecule has 4 nitrogen and oxygen atoms in total. The van der Waals surface area contributed by atoms with Crippen LogP contribution in [0.3, 0.4) is 0 Å². The van der Waals surface area contributed by atoms with E-state index in [0.717, 1.165) is 0 Å². The van der Waals surface area contributed by atoms with Crippen molar-refractivity contribution in [1.82, 2.24) is 0 Å². The van der Waals surface area contributed by atoms with Crippen molar-refractivity contribution >= 4 is 11.7 Å². The fourth-order valence-electron chi connectivity index (χ4n) is 1.39. The molecule has 17 heavy (non-hydrogen) atoms. The number of anilines is 1. The number of hydrogen-bond donors (Lipinski definition) is 1. The Balaban J connectivity index is 2.83. The van der Waals surface area contributed by atoms with Gasteiger partial charge in [-0.2, -0.15) is 5.26 Å². The number of esters is 1. The van der Waals surface area contributed by atoms with E-state index in [-0.39, 0.29) is 12.4 Å². The van der Waals surface area contributed by atoms with Crippen molar-refractivity contribution in [3.8, 4) is 6.07 Å². The normalized spacial score (nSPS) is 10.7. The van der Waals surface area contributed by atoms with Gasteiger partial charge in [0, 0.05) is 5.69 Å². The Hall–Kier alpha value is -2.02. The summed E-state index contributed by atoms with van der Waals surface area (Å²) < 4.78 is 5.19. The fourth-order valence-corrected chi connectivity index (χ4v) is 1.39. The van der Waals surface area contributed by atoms with Gasteiger partial charge < -0.3 is 10.5 Å². The van der Waals surface area contributed by atoms with Crippen molar-refractivity contribution in [3.63, 3.8) is 0 Å². The molecule has 0 saturated carbocycles. The van der Waals surface area contributed by atoms with Gasteiger partial charge in [-0.05, 0) is 38.5 Å². The quantitative estimate of drug-likeness (QED) is 0.625. The van der Waals surface area contributed by atoms with Gasteiger partial charge in [-0.15, -0.1) is 0 Å². The van der Waals surface area contributed by atoms with Crippen LogP contribution in [0.2, 0.25) is 0 Å². The third-order valence-electron chi connectivity index (χ3n) is 2.01. The van der Waals surface area contributed by atoms with Crippen LogP contribution >= 0.6 is 0 Å². The molecule has 4 heteroatoms. The van der Waals surface area contributed by atoms with Crippen LogP contribution in [0.4, 0.5) is 5.69 Å². The Morgan fingerprint density at radius 3 is 2.65 bits per heavy atom. The summed E-state index contributed by atoms with van der Waals surface area (Å²) in [5.74, 6) is -0.348. The molecule has 0 atom stereocenters. The summed E-state index contributed by atoms with van der Waals surface area (Å²) in [6, 6.07) is 6.92. The molecule has 0 fully saturated rings. The van der Waals surface area contributed by atoms with E-state index in [1.54, 1.807) is 39.0 Å². The molecule has 2 N–H and O–H groups in total. The third-order valence-corrected chi connectivity index (χ3v) is 2.01. The summed E-state index contributed by atoms with van der Waals surface area (Å²) in [5, 5.41) is 8.93. The van der Waals surface area contributed by atoms with Crippen LogP contribution in [0.15, 0.2) is 18.2 Å². The number of carbonyl (C=O) groups is 1. The van der Waals surface area contributed by atoms with E-state index < -0.39 is 5.60 Å². The maximum atomic E-state index is 11.6. The number of nitrogens with zero attached hydrogens (tertiary/aromatic N) is 1. The van der Waals surface area contributed by atoms with Crippen molar-refractivity contribution in [1.29, 1.82) is 5.26 Å². The van der Waals surface area contributed by atoms with E-state index in [0.29, 0.717) is 16.8 Å². The molecule has 90 valence electrons. The minimum atomic E-state index is -0.516. The monoisotopic (exact) mass is 232 g/mol. The molecule has 0 amide bonds. The number of nitrogen functional groups attached to an aromatic ring is 1. The Morgan fingerprint density at radius 1 is 1.47 bits per heavy atom. The summed E-state index contributed by atoms with van der Waals surface area (Å²) in [6.07, 6.45) is 0.0838. The molecule has 1 rings (SSSR count). The second-order valence-corrected chi connectivity index (χ2v) is 4.79. The molecule has 0 aliphatic rings. The zero-order valence-corrected chi connectivity index (χ0v) is 10.3. The zero-order valence-electron chi connectivity index (χ0n) is 10.3. The summed E-state index contributed by atoms with van der Waals surface area (Å²) in [5.41, 5.74) is 6.61. The SMILES string of the molecule is CC(C)(C)OC(=O)Cc1ccc(N)cc1C#N. The summed E-state index contributed by atoms with van der Waals surface area (Å²) in [6.45, 7) is 5.41. The molecule has 0 bridgehead atoms. The van der Waals surface area contributed by atoms with Gasteiger partial charge in [0.15, 0.2) is 0 Å². The van der Waals surface area contributed by atoms with E-state index in [1.807, 2.05) is 6.07 Å². The fraction of sp³-hybridized carbons (Fsp3) is 0.385. The molecule has 0 heterocycles. The van der Waals surface area contributed by atoms with Gasteiger partial charge in [0.25, 0.3) is 0 Å². The maximum absolute atomic E-state index is 11.6. The topological polar surface area (TPSA) is 76.1 Å². The number of rotatable bonds is 2. The van der Waals surface area contributed by atoms with E-state index in [2.05, 4.69) is 0 Å². The number of carbonyl (C=O) groups excluding carboxylic acids is 1. The molecular formula is C13H16N2O2. The molecule has 0 saturated heterocycles. The standard InChI is InChI=1S/C13H16N2O2/c1-13(2,3)17-12(16)7-9-4-5-11(15)6-10(9)8-14/h4-6H,7,15H2,1-3H3. The first-order valence-electron chi connectivity index (χ1n) is 5.32. The first-order chi connectivity index (χ1) is 7.81. The van der Waals surface area contributed by atoms with Crippen LogP contribution in [-0.2, 0) is 16.0 Å². The van der Waals surface area contributed by atoms with Gasteiger partial charge in [-0.25, -0.2) is 0 Å². The number of nitriles is 1. The van der Waals surface area contributed by atoms with Gasteiger partial charge in [-0.1, -0.05) is 6.07 Å². The summed E-state index contributed by atoms with van der Waals surface area (Å²) in [4.78, 5) is 11.6. The first kappa shape index (κ1) is 13.0. The molecule has 0 aliphatic carbocycles. The van der Waals surface area contributed by atoms with Gasteiger partial charge >= 0.3 is 5.97 Å². The van der Waals surface area contributed by atoms with E-state index in [1.165, 1.54) is 0 Å². The zero-order chi connectivity index (χ0) is 13.1. The molecule has 1 aromatic rings. The minimum Gasteiger partial charge on any atom is -0.460 e. The molecule has 0 aliphatic heterocycles. The van der Waals surface area contributed by atoms with Crippen molar-refractivity contribution in [2.24, 2.45) is 0 Å². The first-order valence-corrected chi connectivity index (χ1v) is 5.32. The number of ether oxygens (including phenoxy) is 1. The number of nitrogens with two attached hydrogens (primary N) is 1. The van der Waals surface area contributed by atoms with Gasteiger partial charge in [-0.3, -0.25) is 4.79 Å². The lowest BCUT2D eigenvalue weighted by atomic mass is 10.0. The highest BCUT2D eigenvalue weighted by molar-refractivity contribution is 5.74. The lowest BCUT2D eigenvalue weighted by Gasteiger charge is -2.19. The maximum Gasteiger partial charge on any atom is 0.310 e. The van der Waals surface area contributed by atoms with Crippen LogP contribution < -0.4 is 5.73 Å². The van der Waals surface area contributed by atoms with E-state index in [9.17, 15) is 4.79 Å². The Morgan fingerprint density at radius 2 is 2.12 bits per heavy atom. The molecule has 0 radical (unpaired) electrons. The van der Waals surface area contributed by atoms with Crippen molar-refractivity contribution in [2.75, 3.05) is 5.73 Å². The second kappa shape index (κ2) is 4.88. The lowest BCUT2D eigenvalue weighted by Crippen LogP contribution is -2.25. The van der Waals surface area contributed by atoms with E-state index in [4.69, 9.17) is 15.7 Å². The van der Waals surface area contributed by atoms with Crippen molar-refractivity contribution in [3.05, 3.63) is 29.3 Å². The Bertz CT molecular complexity index is 467. The smallest absolute Gasteiger partial charge is 0.310 e. The average molecular weight is 232 g/mol. The summed E-state index contributed by atoms with van der Waals surface area (Å²) in [7, 11) is 0.